The van der Waals surface area contributed by atoms with E-state index in [4.69, 9.17) is 0 Å². The van der Waals surface area contributed by atoms with Gasteiger partial charge in [0.1, 0.15) is 0 Å². The molecule has 0 radical (unpaired) electrons. The SMILES string of the molecule is CC(=O)N1CCN(S(=O)(=O)c2cccc(C(=O)N3CCNCC3C)c2)CC1. The van der Waals surface area contributed by atoms with Crippen LogP contribution in [-0.4, -0.2) is 86.2 Å². The Balaban J connectivity index is 1.78. The third-order valence-electron chi connectivity index (χ3n) is 5.16. The number of sulfonamides is 1. The zero-order valence-corrected chi connectivity index (χ0v) is 16.5. The molecule has 2 aliphatic heterocycles. The Morgan fingerprint density at radius 3 is 2.44 bits per heavy atom. The number of nitrogens with one attached hydrogen (secondary N) is 1. The zero-order valence-electron chi connectivity index (χ0n) is 15.7. The van der Waals surface area contributed by atoms with Gasteiger partial charge in [-0.3, -0.25) is 9.59 Å². The normalized spacial score (nSPS) is 21.9. The minimum Gasteiger partial charge on any atom is -0.340 e. The van der Waals surface area contributed by atoms with Crippen LogP contribution in [0.5, 0.6) is 0 Å². The molecule has 8 nitrogen and oxygen atoms in total. The maximum atomic E-state index is 13.0. The second-order valence-electron chi connectivity index (χ2n) is 6.99. The number of benzene rings is 1. The molecule has 27 heavy (non-hydrogen) atoms. The van der Waals surface area contributed by atoms with Crippen molar-refractivity contribution in [2.45, 2.75) is 24.8 Å². The van der Waals surface area contributed by atoms with E-state index in [2.05, 4.69) is 5.32 Å². The van der Waals surface area contributed by atoms with Gasteiger partial charge in [0, 0.05) is 64.3 Å². The van der Waals surface area contributed by atoms with E-state index in [9.17, 15) is 18.0 Å². The molecule has 0 aromatic heterocycles. The summed E-state index contributed by atoms with van der Waals surface area (Å²) in [6.45, 7) is 6.79. The first-order valence-electron chi connectivity index (χ1n) is 9.18. The molecule has 0 aliphatic carbocycles. The van der Waals surface area contributed by atoms with Gasteiger partial charge in [0.2, 0.25) is 15.9 Å². The average Bonchev–Trinajstić information content (AvgIpc) is 2.68. The molecule has 0 bridgehead atoms. The highest BCUT2D eigenvalue weighted by atomic mass is 32.2. The molecule has 3 rings (SSSR count). The van der Waals surface area contributed by atoms with Crippen LogP contribution in [0, 0.1) is 0 Å². The van der Waals surface area contributed by atoms with E-state index in [1.54, 1.807) is 21.9 Å². The average molecular weight is 394 g/mol. The molecule has 2 aliphatic rings. The van der Waals surface area contributed by atoms with E-state index in [0.29, 0.717) is 25.2 Å². The summed E-state index contributed by atoms with van der Waals surface area (Å²) in [4.78, 5) is 27.8. The molecule has 148 valence electrons. The molecule has 1 aromatic rings. The van der Waals surface area contributed by atoms with Crippen LogP contribution in [0.4, 0.5) is 0 Å². The molecule has 2 saturated heterocycles. The molecule has 2 fully saturated rings. The fourth-order valence-corrected chi connectivity index (χ4v) is 4.96. The van der Waals surface area contributed by atoms with Crippen LogP contribution in [0.3, 0.4) is 0 Å². The second-order valence-corrected chi connectivity index (χ2v) is 8.93. The molecule has 1 N–H and O–H groups in total. The Morgan fingerprint density at radius 2 is 1.81 bits per heavy atom. The van der Waals surface area contributed by atoms with Crippen LogP contribution in [0.2, 0.25) is 0 Å². The molecule has 1 unspecified atom stereocenters. The van der Waals surface area contributed by atoms with Crippen LogP contribution in [0.25, 0.3) is 0 Å². The maximum Gasteiger partial charge on any atom is 0.254 e. The van der Waals surface area contributed by atoms with Gasteiger partial charge in [0.15, 0.2) is 0 Å². The largest absolute Gasteiger partial charge is 0.340 e. The van der Waals surface area contributed by atoms with Gasteiger partial charge in [-0.15, -0.1) is 0 Å². The van der Waals surface area contributed by atoms with Crippen LogP contribution in [0.15, 0.2) is 29.2 Å². The van der Waals surface area contributed by atoms with Crippen LogP contribution in [-0.2, 0) is 14.8 Å². The summed E-state index contributed by atoms with van der Waals surface area (Å²) in [6, 6.07) is 6.31. The number of hydrogen-bond donors (Lipinski definition) is 1. The summed E-state index contributed by atoms with van der Waals surface area (Å²) >= 11 is 0. The van der Waals surface area contributed by atoms with Crippen molar-refractivity contribution in [2.75, 3.05) is 45.8 Å². The Kier molecular flexibility index (Phi) is 5.83. The van der Waals surface area contributed by atoms with Crippen LogP contribution >= 0.6 is 0 Å². The Morgan fingerprint density at radius 1 is 1.11 bits per heavy atom. The summed E-state index contributed by atoms with van der Waals surface area (Å²) in [6.07, 6.45) is 0. The van der Waals surface area contributed by atoms with Gasteiger partial charge in [-0.1, -0.05) is 6.07 Å². The van der Waals surface area contributed by atoms with Gasteiger partial charge in [-0.05, 0) is 25.1 Å². The van der Waals surface area contributed by atoms with Crippen molar-refractivity contribution in [2.24, 2.45) is 0 Å². The van der Waals surface area contributed by atoms with E-state index in [1.807, 2.05) is 6.92 Å². The monoisotopic (exact) mass is 394 g/mol. The van der Waals surface area contributed by atoms with E-state index >= 15 is 0 Å². The highest BCUT2D eigenvalue weighted by Crippen LogP contribution is 2.20. The van der Waals surface area contributed by atoms with E-state index in [1.165, 1.54) is 23.4 Å². The number of piperazine rings is 2. The van der Waals surface area contributed by atoms with E-state index in [0.717, 1.165) is 13.1 Å². The van der Waals surface area contributed by atoms with Gasteiger partial charge in [0.05, 0.1) is 4.90 Å². The van der Waals surface area contributed by atoms with Crippen LogP contribution in [0.1, 0.15) is 24.2 Å². The van der Waals surface area contributed by atoms with Crippen molar-refractivity contribution >= 4 is 21.8 Å². The Hall–Kier alpha value is -1.97. The fourth-order valence-electron chi connectivity index (χ4n) is 3.49. The topological polar surface area (TPSA) is 90.0 Å². The highest BCUT2D eigenvalue weighted by Gasteiger charge is 2.30. The first kappa shape index (κ1) is 19.8. The standard InChI is InChI=1S/C18H26N4O4S/c1-14-13-19-6-7-22(14)18(24)16-4-3-5-17(12-16)27(25,26)21-10-8-20(9-11-21)15(2)23/h3-5,12,14,19H,6-11,13H2,1-2H3. The molecule has 0 saturated carbocycles. The number of nitrogens with zero attached hydrogens (tertiary/aromatic N) is 3. The second kappa shape index (κ2) is 7.95. The number of carbonyl (C=O) groups excluding carboxylic acids is 2. The molecule has 1 atom stereocenters. The van der Waals surface area contributed by atoms with Gasteiger partial charge >= 0.3 is 0 Å². The van der Waals surface area contributed by atoms with Crippen molar-refractivity contribution < 1.29 is 18.0 Å². The van der Waals surface area contributed by atoms with Crippen molar-refractivity contribution in [1.29, 1.82) is 0 Å². The van der Waals surface area contributed by atoms with E-state index < -0.39 is 10.0 Å². The highest BCUT2D eigenvalue weighted by molar-refractivity contribution is 7.89. The fraction of sp³-hybridized carbons (Fsp3) is 0.556. The number of hydrogen-bond acceptors (Lipinski definition) is 5. The lowest BCUT2D eigenvalue weighted by Crippen LogP contribution is -2.52. The first-order chi connectivity index (χ1) is 12.8. The quantitative estimate of drug-likeness (QED) is 0.778. The lowest BCUT2D eigenvalue weighted by atomic mass is 10.1. The lowest BCUT2D eigenvalue weighted by Gasteiger charge is -2.34. The summed E-state index contributed by atoms with van der Waals surface area (Å²) in [7, 11) is -3.70. The molecule has 9 heteroatoms. The molecular formula is C18H26N4O4S. The minimum absolute atomic E-state index is 0.0511. The third-order valence-corrected chi connectivity index (χ3v) is 7.06. The van der Waals surface area contributed by atoms with E-state index in [-0.39, 0.29) is 35.8 Å². The number of rotatable bonds is 3. The van der Waals surface area contributed by atoms with Crippen molar-refractivity contribution in [3.8, 4) is 0 Å². The van der Waals surface area contributed by atoms with Gasteiger partial charge < -0.3 is 15.1 Å². The van der Waals surface area contributed by atoms with Crippen molar-refractivity contribution in [3.05, 3.63) is 29.8 Å². The zero-order chi connectivity index (χ0) is 19.6. The maximum absolute atomic E-state index is 13.0. The molecule has 2 heterocycles. The summed E-state index contributed by atoms with van der Waals surface area (Å²) in [5.41, 5.74) is 0.382. The number of amides is 2. The summed E-state index contributed by atoms with van der Waals surface area (Å²) in [5.74, 6) is -0.202. The Bertz CT molecular complexity index is 818. The Labute approximate surface area is 160 Å². The predicted molar refractivity (Wildman–Crippen MR) is 101 cm³/mol. The minimum atomic E-state index is -3.70. The van der Waals surface area contributed by atoms with Gasteiger partial charge in [-0.2, -0.15) is 4.31 Å². The molecule has 2 amide bonds. The smallest absolute Gasteiger partial charge is 0.254 e. The first-order valence-corrected chi connectivity index (χ1v) is 10.6. The van der Waals surface area contributed by atoms with Crippen molar-refractivity contribution in [3.63, 3.8) is 0 Å². The van der Waals surface area contributed by atoms with Crippen molar-refractivity contribution in [1.82, 2.24) is 19.4 Å². The lowest BCUT2D eigenvalue weighted by molar-refractivity contribution is -0.129. The van der Waals surface area contributed by atoms with Gasteiger partial charge in [-0.25, -0.2) is 8.42 Å². The molecule has 0 spiro atoms. The van der Waals surface area contributed by atoms with Gasteiger partial charge in [0.25, 0.3) is 5.91 Å². The molecule has 1 aromatic carbocycles. The van der Waals surface area contributed by atoms with Crippen LogP contribution < -0.4 is 5.32 Å². The number of carbonyl (C=O) groups is 2. The summed E-state index contributed by atoms with van der Waals surface area (Å²) in [5, 5.41) is 3.24. The summed E-state index contributed by atoms with van der Waals surface area (Å²) < 4.78 is 27.3. The predicted octanol–water partition coefficient (Wildman–Crippen LogP) is -0.0267. The third kappa shape index (κ3) is 4.15. The molecular weight excluding hydrogens is 368 g/mol.